The molecule has 2 aliphatic rings. The minimum absolute atomic E-state index is 0. The summed E-state index contributed by atoms with van der Waals surface area (Å²) >= 11 is 0. The van der Waals surface area contributed by atoms with Crippen LogP contribution in [0.15, 0.2) is 4.99 Å². The fourth-order valence-corrected chi connectivity index (χ4v) is 3.30. The zero-order valence-corrected chi connectivity index (χ0v) is 17.1. The van der Waals surface area contributed by atoms with E-state index in [0.29, 0.717) is 18.5 Å². The smallest absolute Gasteiger partial charge is 0.241 e. The number of methoxy groups -OCH3 is 1. The first kappa shape index (κ1) is 20.5. The Morgan fingerprint density at radius 3 is 2.48 bits per heavy atom. The lowest BCUT2D eigenvalue weighted by atomic mass is 9.64. The monoisotopic (exact) mass is 438 g/mol. The third kappa shape index (κ3) is 4.95. The summed E-state index contributed by atoms with van der Waals surface area (Å²) in [5.74, 6) is 0.850. The molecular formula is C16H31IN4O2. The Hall–Kier alpha value is -0.570. The summed E-state index contributed by atoms with van der Waals surface area (Å²) < 4.78 is 5.46. The Labute approximate surface area is 156 Å². The van der Waals surface area contributed by atoms with E-state index in [-0.39, 0.29) is 41.4 Å². The van der Waals surface area contributed by atoms with E-state index in [1.807, 2.05) is 4.90 Å². The van der Waals surface area contributed by atoms with E-state index in [1.165, 1.54) is 6.42 Å². The lowest BCUT2D eigenvalue weighted by Crippen LogP contribution is -2.63. The van der Waals surface area contributed by atoms with Crippen molar-refractivity contribution in [2.75, 3.05) is 33.8 Å². The zero-order valence-electron chi connectivity index (χ0n) is 14.7. The number of carbonyl (C=O) groups is 1. The summed E-state index contributed by atoms with van der Waals surface area (Å²) in [4.78, 5) is 18.3. The number of amides is 1. The first-order valence-electron chi connectivity index (χ1n) is 8.26. The molecule has 1 amide bonds. The second kappa shape index (κ2) is 9.05. The van der Waals surface area contributed by atoms with Crippen molar-refractivity contribution in [1.29, 1.82) is 0 Å². The summed E-state index contributed by atoms with van der Waals surface area (Å²) in [5, 5.41) is 6.55. The topological polar surface area (TPSA) is 66.0 Å². The molecule has 2 fully saturated rings. The van der Waals surface area contributed by atoms with Crippen LogP contribution in [0, 0.1) is 5.41 Å². The van der Waals surface area contributed by atoms with Gasteiger partial charge in [0, 0.05) is 38.7 Å². The predicted octanol–water partition coefficient (Wildman–Crippen LogP) is 1.60. The highest BCUT2D eigenvalue weighted by Crippen LogP contribution is 2.42. The molecule has 2 rings (SSSR count). The van der Waals surface area contributed by atoms with Crippen molar-refractivity contribution in [3.63, 3.8) is 0 Å². The number of hydrogen-bond acceptors (Lipinski definition) is 3. The number of aliphatic imine (C=N–C) groups is 1. The molecule has 2 N–H and O–H groups in total. The van der Waals surface area contributed by atoms with E-state index in [0.717, 1.165) is 32.4 Å². The maximum Gasteiger partial charge on any atom is 0.241 e. The largest absolute Gasteiger partial charge is 0.381 e. The van der Waals surface area contributed by atoms with Gasteiger partial charge in [-0.25, -0.2) is 0 Å². The van der Waals surface area contributed by atoms with E-state index in [9.17, 15) is 4.79 Å². The van der Waals surface area contributed by atoms with Crippen molar-refractivity contribution in [1.82, 2.24) is 15.5 Å². The van der Waals surface area contributed by atoms with Crippen molar-refractivity contribution >= 4 is 35.8 Å². The van der Waals surface area contributed by atoms with Crippen LogP contribution in [0.25, 0.3) is 0 Å². The number of piperidine rings is 1. The van der Waals surface area contributed by atoms with Gasteiger partial charge >= 0.3 is 0 Å². The summed E-state index contributed by atoms with van der Waals surface area (Å²) in [5.41, 5.74) is 0.0727. The number of ether oxygens (including phenoxy) is 1. The minimum Gasteiger partial charge on any atom is -0.381 e. The fraction of sp³-hybridized carbons (Fsp3) is 0.875. The first-order chi connectivity index (χ1) is 10.5. The number of likely N-dealkylation sites (tertiary alicyclic amines) is 1. The first-order valence-corrected chi connectivity index (χ1v) is 8.26. The molecule has 1 saturated carbocycles. The molecule has 2 atom stereocenters. The van der Waals surface area contributed by atoms with E-state index in [4.69, 9.17) is 4.74 Å². The summed E-state index contributed by atoms with van der Waals surface area (Å²) in [6, 6.07) is 0.314. The van der Waals surface area contributed by atoms with E-state index in [1.54, 1.807) is 14.2 Å². The van der Waals surface area contributed by atoms with Gasteiger partial charge in [0.25, 0.3) is 0 Å². The second-order valence-corrected chi connectivity index (χ2v) is 6.85. The van der Waals surface area contributed by atoms with Crippen LogP contribution >= 0.6 is 24.0 Å². The number of nitrogens with zero attached hydrogens (tertiary/aromatic N) is 2. The molecular weight excluding hydrogens is 407 g/mol. The Morgan fingerprint density at radius 1 is 1.30 bits per heavy atom. The number of hydrogen-bond donors (Lipinski definition) is 2. The summed E-state index contributed by atoms with van der Waals surface area (Å²) in [7, 11) is 3.49. The van der Waals surface area contributed by atoms with Gasteiger partial charge in [-0.1, -0.05) is 13.8 Å². The Morgan fingerprint density at radius 2 is 1.96 bits per heavy atom. The maximum absolute atomic E-state index is 12.2. The molecule has 0 aromatic carbocycles. The van der Waals surface area contributed by atoms with Crippen molar-refractivity contribution in [2.45, 2.75) is 51.7 Å². The Bertz CT molecular complexity index is 422. The van der Waals surface area contributed by atoms with Gasteiger partial charge < -0.3 is 20.3 Å². The van der Waals surface area contributed by atoms with Crippen LogP contribution < -0.4 is 10.6 Å². The molecule has 134 valence electrons. The lowest BCUT2D eigenvalue weighted by Gasteiger charge is -2.51. The molecule has 1 aliphatic carbocycles. The van der Waals surface area contributed by atoms with Crippen LogP contribution in [-0.2, 0) is 9.53 Å². The van der Waals surface area contributed by atoms with Gasteiger partial charge in [-0.05, 0) is 25.7 Å². The molecule has 0 aromatic rings. The van der Waals surface area contributed by atoms with Crippen LogP contribution in [0.4, 0.5) is 0 Å². The number of rotatable bonds is 4. The predicted molar refractivity (Wildman–Crippen MR) is 103 cm³/mol. The van der Waals surface area contributed by atoms with Crippen LogP contribution in [0.3, 0.4) is 0 Å². The van der Waals surface area contributed by atoms with Crippen molar-refractivity contribution < 1.29 is 9.53 Å². The van der Waals surface area contributed by atoms with Crippen LogP contribution in [0.2, 0.25) is 0 Å². The molecule has 0 bridgehead atoms. The number of carbonyl (C=O) groups excluding carboxylic acids is 1. The standard InChI is InChI=1S/C16H30N4O2.HI/c1-16(2)12(10-13(16)22-4)19-15(17-3)18-11-14(21)20-8-6-5-7-9-20;/h12-13H,5-11H2,1-4H3,(H2,17,18,19);1H. The van der Waals surface area contributed by atoms with Crippen molar-refractivity contribution in [3.8, 4) is 0 Å². The van der Waals surface area contributed by atoms with Crippen LogP contribution in [0.1, 0.15) is 39.5 Å². The van der Waals surface area contributed by atoms with Gasteiger partial charge in [-0.2, -0.15) is 0 Å². The normalized spacial score (nSPS) is 26.8. The molecule has 0 aromatic heterocycles. The Balaban J connectivity index is 0.00000264. The lowest BCUT2D eigenvalue weighted by molar-refractivity contribution is -0.130. The average molecular weight is 438 g/mol. The summed E-state index contributed by atoms with van der Waals surface area (Å²) in [6.07, 6.45) is 4.71. The number of nitrogens with one attached hydrogen (secondary N) is 2. The molecule has 1 heterocycles. The molecule has 0 radical (unpaired) electrons. The molecule has 6 nitrogen and oxygen atoms in total. The molecule has 0 spiro atoms. The fourth-order valence-electron chi connectivity index (χ4n) is 3.30. The average Bonchev–Trinajstić information content (AvgIpc) is 2.54. The highest BCUT2D eigenvalue weighted by molar-refractivity contribution is 14.0. The van der Waals surface area contributed by atoms with Crippen LogP contribution in [0.5, 0.6) is 0 Å². The SMILES string of the molecule is CN=C(NCC(=O)N1CCCCC1)NC1CC(OC)C1(C)C.I. The maximum atomic E-state index is 12.2. The third-order valence-corrected chi connectivity index (χ3v) is 5.11. The third-order valence-electron chi connectivity index (χ3n) is 5.11. The quantitative estimate of drug-likeness (QED) is 0.398. The van der Waals surface area contributed by atoms with E-state index in [2.05, 4.69) is 29.5 Å². The minimum atomic E-state index is 0. The van der Waals surface area contributed by atoms with Gasteiger partial charge in [0.2, 0.25) is 5.91 Å². The number of halogens is 1. The van der Waals surface area contributed by atoms with E-state index >= 15 is 0 Å². The molecule has 23 heavy (non-hydrogen) atoms. The molecule has 7 heteroatoms. The van der Waals surface area contributed by atoms with Gasteiger partial charge in [-0.15, -0.1) is 24.0 Å². The molecule has 2 unspecified atom stereocenters. The van der Waals surface area contributed by atoms with Gasteiger partial charge in [0.1, 0.15) is 0 Å². The van der Waals surface area contributed by atoms with Crippen molar-refractivity contribution in [2.24, 2.45) is 10.4 Å². The van der Waals surface area contributed by atoms with Crippen molar-refractivity contribution in [3.05, 3.63) is 0 Å². The Kier molecular flexibility index (Phi) is 8.06. The second-order valence-electron chi connectivity index (χ2n) is 6.85. The highest BCUT2D eigenvalue weighted by atomic mass is 127. The zero-order chi connectivity index (χ0) is 16.2. The van der Waals surface area contributed by atoms with E-state index < -0.39 is 0 Å². The molecule has 1 aliphatic heterocycles. The van der Waals surface area contributed by atoms with Gasteiger partial charge in [0.05, 0.1) is 12.6 Å². The number of guanidine groups is 1. The summed E-state index contributed by atoms with van der Waals surface area (Å²) in [6.45, 7) is 6.46. The molecule has 1 saturated heterocycles. The van der Waals surface area contributed by atoms with Gasteiger partial charge in [-0.3, -0.25) is 9.79 Å². The van der Waals surface area contributed by atoms with Gasteiger partial charge in [0.15, 0.2) is 5.96 Å². The van der Waals surface area contributed by atoms with Crippen LogP contribution in [-0.4, -0.2) is 62.7 Å². The highest BCUT2D eigenvalue weighted by Gasteiger charge is 2.48.